The molecule has 2 fully saturated rings. The molecule has 1 aromatic carbocycles. The SMILES string of the molecule is CN=C(NCC1CCCN(C(C)C)C1)N1CCN(c2cccc(OC)c2)CC1.I. The monoisotopic (exact) mass is 515 g/mol. The van der Waals surface area contributed by atoms with Gasteiger partial charge in [0.15, 0.2) is 5.96 Å². The number of piperazine rings is 1. The maximum absolute atomic E-state index is 5.36. The predicted molar refractivity (Wildman–Crippen MR) is 133 cm³/mol. The van der Waals surface area contributed by atoms with Gasteiger partial charge in [0.05, 0.1) is 7.11 Å². The maximum atomic E-state index is 5.36. The van der Waals surface area contributed by atoms with Crippen LogP contribution in [0.4, 0.5) is 5.69 Å². The number of halogens is 1. The van der Waals surface area contributed by atoms with E-state index in [0.29, 0.717) is 12.0 Å². The lowest BCUT2D eigenvalue weighted by Crippen LogP contribution is -2.53. The van der Waals surface area contributed by atoms with Crippen molar-refractivity contribution in [1.29, 1.82) is 0 Å². The average molecular weight is 515 g/mol. The molecule has 0 aromatic heterocycles. The molecule has 0 radical (unpaired) electrons. The minimum absolute atomic E-state index is 0. The smallest absolute Gasteiger partial charge is 0.193 e. The number of aliphatic imine (C=N–C) groups is 1. The van der Waals surface area contributed by atoms with Crippen LogP contribution in [-0.4, -0.2) is 81.8 Å². The summed E-state index contributed by atoms with van der Waals surface area (Å²) in [4.78, 5) is 12.0. The van der Waals surface area contributed by atoms with Crippen LogP contribution in [0, 0.1) is 5.92 Å². The van der Waals surface area contributed by atoms with Crippen molar-refractivity contribution in [3.8, 4) is 5.75 Å². The van der Waals surface area contributed by atoms with E-state index >= 15 is 0 Å². The van der Waals surface area contributed by atoms with Gasteiger partial charge in [-0.1, -0.05) is 6.07 Å². The number of hydrogen-bond acceptors (Lipinski definition) is 4. The first-order chi connectivity index (χ1) is 13.6. The Labute approximate surface area is 193 Å². The molecule has 0 saturated carbocycles. The predicted octanol–water partition coefficient (Wildman–Crippen LogP) is 3.13. The van der Waals surface area contributed by atoms with Crippen molar-refractivity contribution in [3.05, 3.63) is 24.3 Å². The fourth-order valence-corrected chi connectivity index (χ4v) is 4.28. The van der Waals surface area contributed by atoms with Gasteiger partial charge < -0.3 is 24.8 Å². The second-order valence-corrected chi connectivity index (χ2v) is 8.20. The van der Waals surface area contributed by atoms with E-state index in [1.54, 1.807) is 7.11 Å². The van der Waals surface area contributed by atoms with Gasteiger partial charge in [0.25, 0.3) is 0 Å². The third kappa shape index (κ3) is 6.64. The van der Waals surface area contributed by atoms with Crippen molar-refractivity contribution in [2.45, 2.75) is 32.7 Å². The standard InChI is InChI=1S/C22H37N5O.HI/c1-18(2)27-10-6-7-19(17-27)16-24-22(23-3)26-13-11-25(12-14-26)20-8-5-9-21(15-20)28-4;/h5,8-9,15,18-19H,6-7,10-14,16-17H2,1-4H3,(H,23,24);1H. The normalized spacial score (nSPS) is 21.1. The van der Waals surface area contributed by atoms with Crippen LogP contribution in [0.25, 0.3) is 0 Å². The van der Waals surface area contributed by atoms with E-state index in [0.717, 1.165) is 44.4 Å². The molecule has 3 rings (SSSR count). The fourth-order valence-electron chi connectivity index (χ4n) is 4.28. The number of guanidine groups is 1. The maximum Gasteiger partial charge on any atom is 0.193 e. The topological polar surface area (TPSA) is 43.3 Å². The Balaban J connectivity index is 0.00000300. The van der Waals surface area contributed by atoms with Gasteiger partial charge in [-0.25, -0.2) is 0 Å². The van der Waals surface area contributed by atoms with Gasteiger partial charge in [-0.2, -0.15) is 0 Å². The Kier molecular flexibility index (Phi) is 9.82. The van der Waals surface area contributed by atoms with Crippen LogP contribution in [0.1, 0.15) is 26.7 Å². The zero-order valence-electron chi connectivity index (χ0n) is 18.4. The summed E-state index contributed by atoms with van der Waals surface area (Å²) < 4.78 is 5.36. The van der Waals surface area contributed by atoms with Crippen molar-refractivity contribution < 1.29 is 4.74 Å². The van der Waals surface area contributed by atoms with E-state index in [-0.39, 0.29) is 24.0 Å². The van der Waals surface area contributed by atoms with Crippen LogP contribution in [-0.2, 0) is 0 Å². The van der Waals surface area contributed by atoms with Crippen molar-refractivity contribution in [2.75, 3.05) is 64.9 Å². The van der Waals surface area contributed by atoms with E-state index in [9.17, 15) is 0 Å². The molecule has 0 aliphatic carbocycles. The molecule has 2 saturated heterocycles. The van der Waals surface area contributed by atoms with Gasteiger partial charge in [0.2, 0.25) is 0 Å². The molecule has 7 heteroatoms. The summed E-state index contributed by atoms with van der Waals surface area (Å²) in [5.41, 5.74) is 1.23. The molecule has 29 heavy (non-hydrogen) atoms. The zero-order valence-corrected chi connectivity index (χ0v) is 20.8. The summed E-state index contributed by atoms with van der Waals surface area (Å²) in [6.07, 6.45) is 2.62. The molecule has 1 unspecified atom stereocenters. The highest BCUT2D eigenvalue weighted by atomic mass is 127. The molecular weight excluding hydrogens is 477 g/mol. The number of anilines is 1. The number of rotatable bonds is 5. The van der Waals surface area contributed by atoms with E-state index in [1.165, 1.54) is 31.6 Å². The summed E-state index contributed by atoms with van der Waals surface area (Å²) in [6, 6.07) is 8.98. The first-order valence-electron chi connectivity index (χ1n) is 10.7. The molecule has 1 aromatic rings. The lowest BCUT2D eigenvalue weighted by atomic mass is 9.97. The molecule has 2 heterocycles. The number of benzene rings is 1. The van der Waals surface area contributed by atoms with E-state index in [4.69, 9.17) is 4.74 Å². The van der Waals surface area contributed by atoms with Gasteiger partial charge in [0.1, 0.15) is 5.75 Å². The summed E-state index contributed by atoms with van der Waals surface area (Å²) >= 11 is 0. The number of likely N-dealkylation sites (tertiary alicyclic amines) is 1. The number of methoxy groups -OCH3 is 1. The number of piperidine rings is 1. The number of ether oxygens (including phenoxy) is 1. The zero-order chi connectivity index (χ0) is 19.9. The quantitative estimate of drug-likeness (QED) is 0.371. The highest BCUT2D eigenvalue weighted by Gasteiger charge is 2.24. The molecule has 164 valence electrons. The summed E-state index contributed by atoms with van der Waals surface area (Å²) in [7, 11) is 3.62. The molecule has 1 atom stereocenters. The highest BCUT2D eigenvalue weighted by molar-refractivity contribution is 14.0. The molecule has 2 aliphatic rings. The van der Waals surface area contributed by atoms with Crippen molar-refractivity contribution >= 4 is 35.6 Å². The minimum Gasteiger partial charge on any atom is -0.497 e. The van der Waals surface area contributed by atoms with E-state index in [1.807, 2.05) is 13.1 Å². The van der Waals surface area contributed by atoms with Gasteiger partial charge >= 0.3 is 0 Å². The molecule has 2 aliphatic heterocycles. The van der Waals surface area contributed by atoms with Crippen LogP contribution in [0.5, 0.6) is 5.75 Å². The number of nitrogens with one attached hydrogen (secondary N) is 1. The van der Waals surface area contributed by atoms with E-state index < -0.39 is 0 Å². The van der Waals surface area contributed by atoms with Crippen molar-refractivity contribution in [3.63, 3.8) is 0 Å². The third-order valence-electron chi connectivity index (χ3n) is 6.04. The van der Waals surface area contributed by atoms with Gasteiger partial charge in [-0.15, -0.1) is 24.0 Å². The second kappa shape index (κ2) is 11.8. The Morgan fingerprint density at radius 3 is 2.62 bits per heavy atom. The summed E-state index contributed by atoms with van der Waals surface area (Å²) in [5, 5.41) is 3.65. The van der Waals surface area contributed by atoms with Crippen LogP contribution in [0.3, 0.4) is 0 Å². The molecule has 0 bridgehead atoms. The largest absolute Gasteiger partial charge is 0.497 e. The molecule has 0 spiro atoms. The van der Waals surface area contributed by atoms with Crippen LogP contribution in [0.2, 0.25) is 0 Å². The lowest BCUT2D eigenvalue weighted by Gasteiger charge is -2.39. The minimum atomic E-state index is 0. The highest BCUT2D eigenvalue weighted by Crippen LogP contribution is 2.22. The number of nitrogens with zero attached hydrogens (tertiary/aromatic N) is 4. The Morgan fingerprint density at radius 2 is 1.97 bits per heavy atom. The van der Waals surface area contributed by atoms with Crippen LogP contribution < -0.4 is 15.0 Å². The van der Waals surface area contributed by atoms with Gasteiger partial charge in [0, 0.05) is 64.1 Å². The molecular formula is C22H38IN5O. The lowest BCUT2D eigenvalue weighted by molar-refractivity contribution is 0.140. The van der Waals surface area contributed by atoms with Gasteiger partial charge in [-0.3, -0.25) is 4.99 Å². The summed E-state index contributed by atoms with van der Waals surface area (Å²) in [6.45, 7) is 12.0. The first kappa shape index (κ1) is 24.1. The van der Waals surface area contributed by atoms with E-state index in [2.05, 4.69) is 57.1 Å². The number of hydrogen-bond donors (Lipinski definition) is 1. The molecule has 0 amide bonds. The van der Waals surface area contributed by atoms with Crippen LogP contribution in [0.15, 0.2) is 29.3 Å². The Bertz CT molecular complexity index is 646. The Morgan fingerprint density at radius 1 is 1.21 bits per heavy atom. The van der Waals surface area contributed by atoms with Crippen molar-refractivity contribution in [2.24, 2.45) is 10.9 Å². The fraction of sp³-hybridized carbons (Fsp3) is 0.682. The summed E-state index contributed by atoms with van der Waals surface area (Å²) in [5.74, 6) is 2.68. The molecule has 1 N–H and O–H groups in total. The third-order valence-corrected chi connectivity index (χ3v) is 6.04. The van der Waals surface area contributed by atoms with Gasteiger partial charge in [-0.05, 0) is 51.3 Å². The Hall–Kier alpha value is -1.22. The second-order valence-electron chi connectivity index (χ2n) is 8.20. The average Bonchev–Trinajstić information content (AvgIpc) is 2.75. The first-order valence-corrected chi connectivity index (χ1v) is 10.7. The van der Waals surface area contributed by atoms with Crippen molar-refractivity contribution in [1.82, 2.24) is 15.1 Å². The van der Waals surface area contributed by atoms with Crippen LogP contribution >= 0.6 is 24.0 Å². The molecule has 6 nitrogen and oxygen atoms in total.